The number of amides is 2. The summed E-state index contributed by atoms with van der Waals surface area (Å²) >= 11 is 0. The van der Waals surface area contributed by atoms with E-state index in [2.05, 4.69) is 5.32 Å². The zero-order valence-electron chi connectivity index (χ0n) is 14.5. The zero-order chi connectivity index (χ0) is 17.9. The molecule has 0 spiro atoms. The Hall–Kier alpha value is -1.95. The summed E-state index contributed by atoms with van der Waals surface area (Å²) in [5.41, 5.74) is 6.09. The predicted octanol–water partition coefficient (Wildman–Crippen LogP) is 2.07. The van der Waals surface area contributed by atoms with Crippen LogP contribution in [0, 0.1) is 11.7 Å². The van der Waals surface area contributed by atoms with Crippen molar-refractivity contribution in [1.29, 1.82) is 0 Å². The van der Waals surface area contributed by atoms with E-state index >= 15 is 0 Å². The second-order valence-electron chi connectivity index (χ2n) is 7.28. The van der Waals surface area contributed by atoms with Gasteiger partial charge >= 0.3 is 0 Å². The minimum Gasteiger partial charge on any atom is -0.349 e. The van der Waals surface area contributed by atoms with Crippen LogP contribution in [0.3, 0.4) is 0 Å². The van der Waals surface area contributed by atoms with Crippen LogP contribution >= 0.6 is 0 Å². The van der Waals surface area contributed by atoms with Crippen LogP contribution in [0.4, 0.5) is 4.39 Å². The SMILES string of the molecule is NCC1(NC(=O)C2CCCN(C(=O)c3ccc(F)cc3)C2)CCCC1. The average molecular weight is 347 g/mol. The van der Waals surface area contributed by atoms with Crippen molar-refractivity contribution in [2.75, 3.05) is 19.6 Å². The number of piperidine rings is 1. The number of hydrogen-bond acceptors (Lipinski definition) is 3. The van der Waals surface area contributed by atoms with Gasteiger partial charge in [-0.25, -0.2) is 4.39 Å². The van der Waals surface area contributed by atoms with Crippen LogP contribution < -0.4 is 11.1 Å². The number of hydrogen-bond donors (Lipinski definition) is 2. The molecule has 3 N–H and O–H groups in total. The van der Waals surface area contributed by atoms with Crippen molar-refractivity contribution in [3.05, 3.63) is 35.6 Å². The van der Waals surface area contributed by atoms with Gasteiger partial charge in [0.05, 0.1) is 11.5 Å². The summed E-state index contributed by atoms with van der Waals surface area (Å²) in [4.78, 5) is 27.0. The molecule has 0 radical (unpaired) electrons. The van der Waals surface area contributed by atoms with Crippen LogP contribution in [0.5, 0.6) is 0 Å². The maximum absolute atomic E-state index is 13.0. The van der Waals surface area contributed by atoms with E-state index in [-0.39, 0.29) is 29.1 Å². The van der Waals surface area contributed by atoms with Crippen molar-refractivity contribution in [1.82, 2.24) is 10.2 Å². The molecule has 5 nitrogen and oxygen atoms in total. The molecule has 1 saturated heterocycles. The van der Waals surface area contributed by atoms with Gasteiger partial charge in [0.1, 0.15) is 5.82 Å². The summed E-state index contributed by atoms with van der Waals surface area (Å²) in [6.45, 7) is 1.49. The maximum Gasteiger partial charge on any atom is 0.253 e. The molecule has 1 aromatic rings. The Labute approximate surface area is 147 Å². The molecule has 1 aromatic carbocycles. The topological polar surface area (TPSA) is 75.4 Å². The Morgan fingerprint density at radius 2 is 1.88 bits per heavy atom. The van der Waals surface area contributed by atoms with Crippen LogP contribution in [0.2, 0.25) is 0 Å². The first-order valence-corrected chi connectivity index (χ1v) is 9.10. The van der Waals surface area contributed by atoms with E-state index in [1.54, 1.807) is 4.90 Å². The van der Waals surface area contributed by atoms with Gasteiger partial charge in [-0.3, -0.25) is 9.59 Å². The molecule has 1 atom stereocenters. The molecule has 1 heterocycles. The lowest BCUT2D eigenvalue weighted by molar-refractivity contribution is -0.128. The minimum absolute atomic E-state index is 0.00366. The zero-order valence-corrected chi connectivity index (χ0v) is 14.5. The summed E-state index contributed by atoms with van der Waals surface area (Å²) in [5, 5.41) is 3.17. The Balaban J connectivity index is 1.63. The predicted molar refractivity (Wildman–Crippen MR) is 93.4 cm³/mol. The van der Waals surface area contributed by atoms with Crippen molar-refractivity contribution in [2.45, 2.75) is 44.1 Å². The second-order valence-corrected chi connectivity index (χ2v) is 7.28. The largest absolute Gasteiger partial charge is 0.349 e. The number of benzene rings is 1. The number of halogens is 1. The molecule has 25 heavy (non-hydrogen) atoms. The van der Waals surface area contributed by atoms with Gasteiger partial charge in [-0.05, 0) is 49.9 Å². The van der Waals surface area contributed by atoms with Gasteiger partial charge in [-0.1, -0.05) is 12.8 Å². The summed E-state index contributed by atoms with van der Waals surface area (Å²) in [6.07, 6.45) is 5.62. The molecule has 136 valence electrons. The highest BCUT2D eigenvalue weighted by Crippen LogP contribution is 2.29. The number of nitrogens with one attached hydrogen (secondary N) is 1. The van der Waals surface area contributed by atoms with E-state index in [4.69, 9.17) is 5.73 Å². The van der Waals surface area contributed by atoms with E-state index in [1.807, 2.05) is 0 Å². The standard InChI is InChI=1S/C19H26FN3O2/c20-16-7-5-14(6-8-16)18(25)23-11-3-4-15(12-23)17(24)22-19(13-21)9-1-2-10-19/h5-8,15H,1-4,9-13,21H2,(H,22,24). The third-order valence-electron chi connectivity index (χ3n) is 5.51. The fourth-order valence-electron chi connectivity index (χ4n) is 3.95. The first-order chi connectivity index (χ1) is 12.0. The lowest BCUT2D eigenvalue weighted by atomic mass is 9.92. The van der Waals surface area contributed by atoms with Crippen molar-refractivity contribution in [2.24, 2.45) is 11.7 Å². The first-order valence-electron chi connectivity index (χ1n) is 9.10. The highest BCUT2D eigenvalue weighted by molar-refractivity contribution is 5.94. The fraction of sp³-hybridized carbons (Fsp3) is 0.579. The van der Waals surface area contributed by atoms with E-state index in [0.29, 0.717) is 25.2 Å². The van der Waals surface area contributed by atoms with Crippen molar-refractivity contribution >= 4 is 11.8 Å². The van der Waals surface area contributed by atoms with Gasteiger partial charge in [0.15, 0.2) is 0 Å². The average Bonchev–Trinajstić information content (AvgIpc) is 3.11. The van der Waals surface area contributed by atoms with E-state index < -0.39 is 0 Å². The van der Waals surface area contributed by atoms with Crippen molar-refractivity contribution in [3.63, 3.8) is 0 Å². The molecular weight excluding hydrogens is 321 g/mol. The monoisotopic (exact) mass is 347 g/mol. The molecule has 1 unspecified atom stereocenters. The Morgan fingerprint density at radius 3 is 2.52 bits per heavy atom. The van der Waals surface area contributed by atoms with Crippen molar-refractivity contribution < 1.29 is 14.0 Å². The van der Waals surface area contributed by atoms with Gasteiger partial charge in [0, 0.05) is 25.2 Å². The molecule has 1 aliphatic carbocycles. The Kier molecular flexibility index (Phi) is 5.37. The van der Waals surface area contributed by atoms with E-state index in [9.17, 15) is 14.0 Å². The lowest BCUT2D eigenvalue weighted by Gasteiger charge is -2.35. The fourth-order valence-corrected chi connectivity index (χ4v) is 3.95. The smallest absolute Gasteiger partial charge is 0.253 e. The van der Waals surface area contributed by atoms with Gasteiger partial charge in [-0.2, -0.15) is 0 Å². The molecular formula is C19H26FN3O2. The summed E-state index contributed by atoms with van der Waals surface area (Å²) in [6, 6.07) is 5.55. The second kappa shape index (κ2) is 7.52. The van der Waals surface area contributed by atoms with Gasteiger partial charge < -0.3 is 16.0 Å². The van der Waals surface area contributed by atoms with Crippen LogP contribution in [-0.4, -0.2) is 41.9 Å². The Morgan fingerprint density at radius 1 is 1.20 bits per heavy atom. The summed E-state index contributed by atoms with van der Waals surface area (Å²) in [7, 11) is 0. The number of carbonyl (C=O) groups excluding carboxylic acids is 2. The van der Waals surface area contributed by atoms with Crippen LogP contribution in [-0.2, 0) is 4.79 Å². The molecule has 2 amide bonds. The third-order valence-corrected chi connectivity index (χ3v) is 5.51. The van der Waals surface area contributed by atoms with Crippen molar-refractivity contribution in [3.8, 4) is 0 Å². The van der Waals surface area contributed by atoms with E-state index in [0.717, 1.165) is 38.5 Å². The lowest BCUT2D eigenvalue weighted by Crippen LogP contribution is -2.55. The van der Waals surface area contributed by atoms with E-state index in [1.165, 1.54) is 24.3 Å². The molecule has 1 aliphatic heterocycles. The quantitative estimate of drug-likeness (QED) is 0.875. The molecule has 2 aliphatic rings. The highest BCUT2D eigenvalue weighted by Gasteiger charge is 2.37. The molecule has 0 aromatic heterocycles. The number of nitrogens with zero attached hydrogens (tertiary/aromatic N) is 1. The maximum atomic E-state index is 13.0. The third kappa shape index (κ3) is 4.00. The highest BCUT2D eigenvalue weighted by atomic mass is 19.1. The van der Waals surface area contributed by atoms with Crippen LogP contribution in [0.15, 0.2) is 24.3 Å². The van der Waals surface area contributed by atoms with Gasteiger partial charge in [-0.15, -0.1) is 0 Å². The number of rotatable bonds is 4. The minimum atomic E-state index is -0.365. The first kappa shape index (κ1) is 17.9. The molecule has 1 saturated carbocycles. The molecule has 3 rings (SSSR count). The summed E-state index contributed by atoms with van der Waals surface area (Å²) < 4.78 is 13.0. The number of likely N-dealkylation sites (tertiary alicyclic amines) is 1. The summed E-state index contributed by atoms with van der Waals surface area (Å²) in [5.74, 6) is -0.714. The van der Waals surface area contributed by atoms with Crippen LogP contribution in [0.25, 0.3) is 0 Å². The molecule has 2 fully saturated rings. The van der Waals surface area contributed by atoms with Crippen LogP contribution in [0.1, 0.15) is 48.9 Å². The normalized spacial score (nSPS) is 22.6. The molecule has 0 bridgehead atoms. The van der Waals surface area contributed by atoms with Gasteiger partial charge in [0.25, 0.3) is 5.91 Å². The molecule has 6 heteroatoms. The van der Waals surface area contributed by atoms with Gasteiger partial charge in [0.2, 0.25) is 5.91 Å². The number of carbonyl (C=O) groups is 2. The Bertz CT molecular complexity index is 626. The number of nitrogens with two attached hydrogens (primary N) is 1.